The van der Waals surface area contributed by atoms with E-state index in [-0.39, 0.29) is 0 Å². The Morgan fingerprint density at radius 3 is 2.58 bits per heavy atom. The van der Waals surface area contributed by atoms with Crippen molar-refractivity contribution in [2.75, 3.05) is 5.43 Å². The second kappa shape index (κ2) is 4.02. The number of nitrogens with one attached hydrogen (secondary N) is 1. The molecule has 0 aromatic heterocycles. The molecule has 0 fully saturated rings. The van der Waals surface area contributed by atoms with Crippen molar-refractivity contribution in [1.29, 1.82) is 0 Å². The lowest BCUT2D eigenvalue weighted by Gasteiger charge is -1.89. The van der Waals surface area contributed by atoms with E-state index in [1.807, 2.05) is 6.07 Å². The molecule has 0 aliphatic heterocycles. The molecule has 0 heterocycles. The summed E-state index contributed by atoms with van der Waals surface area (Å²) >= 11 is 0. The summed E-state index contributed by atoms with van der Waals surface area (Å²) in [7, 11) is 0. The molecule has 0 radical (unpaired) electrons. The summed E-state index contributed by atoms with van der Waals surface area (Å²) in [6, 6.07) is 8.84. The van der Waals surface area contributed by atoms with E-state index in [2.05, 4.69) is 15.9 Å². The fourth-order valence-electron chi connectivity index (χ4n) is 0.629. The molecule has 12 heavy (non-hydrogen) atoms. The average molecular weight is 166 g/mol. The zero-order valence-corrected chi connectivity index (χ0v) is 6.04. The largest absolute Gasteiger partial charge is 0.337 e. The molecular formula is C6H6N4O2. The Balaban J connectivity index is 2.49. The summed E-state index contributed by atoms with van der Waals surface area (Å²) in [6.07, 6.45) is 0. The van der Waals surface area contributed by atoms with Gasteiger partial charge in [0.25, 0.3) is 0 Å². The Hall–Kier alpha value is -1.98. The van der Waals surface area contributed by atoms with Gasteiger partial charge >= 0.3 is 0 Å². The quantitative estimate of drug-likeness (QED) is 0.421. The molecule has 0 amide bonds. The molecule has 0 unspecified atom stereocenters. The zero-order valence-electron chi connectivity index (χ0n) is 6.04. The first-order valence-corrected chi connectivity index (χ1v) is 3.15. The molecule has 0 aliphatic rings. The van der Waals surface area contributed by atoms with Crippen LogP contribution in [-0.2, 0) is 0 Å². The van der Waals surface area contributed by atoms with Gasteiger partial charge in [0.2, 0.25) is 5.22 Å². The third kappa shape index (κ3) is 2.74. The molecule has 1 aromatic rings. The van der Waals surface area contributed by atoms with Gasteiger partial charge in [0.05, 0.1) is 10.7 Å². The van der Waals surface area contributed by atoms with Crippen molar-refractivity contribution in [3.8, 4) is 0 Å². The smallest absolute Gasteiger partial charge is 0.207 e. The van der Waals surface area contributed by atoms with Crippen molar-refractivity contribution in [1.82, 2.24) is 0 Å². The zero-order chi connectivity index (χ0) is 8.81. The number of benzene rings is 1. The minimum atomic E-state index is -0.879. The van der Waals surface area contributed by atoms with Gasteiger partial charge in [-0.15, -0.1) is 0 Å². The molecule has 0 saturated carbocycles. The Morgan fingerprint density at radius 1 is 1.33 bits per heavy atom. The number of hydrogen-bond donors (Lipinski definition) is 1. The predicted octanol–water partition coefficient (Wildman–Crippen LogP) is 1.66. The van der Waals surface area contributed by atoms with Crippen LogP contribution >= 0.6 is 0 Å². The Labute approximate surface area is 68.0 Å². The maximum Gasteiger partial charge on any atom is 0.207 e. The van der Waals surface area contributed by atoms with Gasteiger partial charge in [0, 0.05) is 0 Å². The van der Waals surface area contributed by atoms with E-state index in [0.717, 1.165) is 0 Å². The molecule has 0 saturated heterocycles. The molecule has 1 rings (SSSR count). The van der Waals surface area contributed by atoms with Crippen molar-refractivity contribution in [3.63, 3.8) is 0 Å². The maximum absolute atomic E-state index is 9.69. The van der Waals surface area contributed by atoms with Crippen LogP contribution in [0, 0.1) is 10.1 Å². The van der Waals surface area contributed by atoms with Gasteiger partial charge in [-0.3, -0.25) is 0 Å². The van der Waals surface area contributed by atoms with Gasteiger partial charge in [0.1, 0.15) is 0 Å². The van der Waals surface area contributed by atoms with Crippen LogP contribution in [-0.4, -0.2) is 5.03 Å². The van der Waals surface area contributed by atoms with Crippen LogP contribution in [0.25, 0.3) is 0 Å². The third-order valence-electron chi connectivity index (χ3n) is 1.07. The van der Waals surface area contributed by atoms with Crippen molar-refractivity contribution in [2.24, 2.45) is 10.4 Å². The molecule has 0 spiro atoms. The van der Waals surface area contributed by atoms with Gasteiger partial charge in [0.15, 0.2) is 5.22 Å². The van der Waals surface area contributed by atoms with Crippen LogP contribution in [0.5, 0.6) is 0 Å². The van der Waals surface area contributed by atoms with E-state index in [0.29, 0.717) is 5.69 Å². The van der Waals surface area contributed by atoms with E-state index in [1.165, 1.54) is 0 Å². The number of anilines is 1. The summed E-state index contributed by atoms with van der Waals surface area (Å²) in [6.45, 7) is 0. The average Bonchev–Trinajstić information content (AvgIpc) is 2.05. The highest BCUT2D eigenvalue weighted by Crippen LogP contribution is 2.04. The number of hydrogen-bond acceptors (Lipinski definition) is 3. The molecule has 62 valence electrons. The maximum atomic E-state index is 9.69. The minimum absolute atomic E-state index is 0.656. The van der Waals surface area contributed by atoms with Gasteiger partial charge < -0.3 is 10.1 Å². The highest BCUT2D eigenvalue weighted by molar-refractivity contribution is 5.41. The lowest BCUT2D eigenvalue weighted by molar-refractivity contribution is -0.494. The Bertz CT molecular complexity index is 285. The van der Waals surface area contributed by atoms with Crippen molar-refractivity contribution in [2.45, 2.75) is 0 Å². The first-order valence-electron chi connectivity index (χ1n) is 3.15. The fraction of sp³-hybridized carbons (Fsp3) is 0. The molecule has 0 bridgehead atoms. The number of nitrogens with zero attached hydrogens (tertiary/aromatic N) is 3. The number of para-hydroxylation sites is 1. The first kappa shape index (κ1) is 8.12. The third-order valence-corrected chi connectivity index (χ3v) is 1.07. The van der Waals surface area contributed by atoms with E-state index < -0.39 is 5.03 Å². The summed E-state index contributed by atoms with van der Waals surface area (Å²) in [5, 5.41) is 14.6. The topological polar surface area (TPSA) is 79.9 Å². The summed E-state index contributed by atoms with van der Waals surface area (Å²) in [5.41, 5.74) is 3.05. The highest BCUT2D eigenvalue weighted by atomic mass is 16.7. The van der Waals surface area contributed by atoms with Gasteiger partial charge in [-0.25, -0.2) is 0 Å². The van der Waals surface area contributed by atoms with Crippen molar-refractivity contribution in [3.05, 3.63) is 40.4 Å². The molecule has 1 N–H and O–H groups in total. The molecule has 6 nitrogen and oxygen atoms in total. The van der Waals surface area contributed by atoms with Crippen LogP contribution in [0.3, 0.4) is 0 Å². The summed E-state index contributed by atoms with van der Waals surface area (Å²) < 4.78 is 0. The molecule has 6 heteroatoms. The highest BCUT2D eigenvalue weighted by Gasteiger charge is 1.90. The van der Waals surface area contributed by atoms with Gasteiger partial charge in [-0.2, -0.15) is 5.43 Å². The van der Waals surface area contributed by atoms with Crippen molar-refractivity contribution < 1.29 is 5.03 Å². The molecule has 0 aliphatic carbocycles. The Morgan fingerprint density at radius 2 is 2.00 bits per heavy atom. The second-order valence-electron chi connectivity index (χ2n) is 1.91. The van der Waals surface area contributed by atoms with Gasteiger partial charge in [-0.1, -0.05) is 18.2 Å². The van der Waals surface area contributed by atoms with E-state index in [9.17, 15) is 10.1 Å². The molecular weight excluding hydrogens is 160 g/mol. The van der Waals surface area contributed by atoms with E-state index >= 15 is 0 Å². The minimum Gasteiger partial charge on any atom is -0.337 e. The predicted molar refractivity (Wildman–Crippen MR) is 41.9 cm³/mol. The number of rotatable bonds is 3. The van der Waals surface area contributed by atoms with Crippen LogP contribution in [0.2, 0.25) is 0 Å². The van der Waals surface area contributed by atoms with Gasteiger partial charge in [-0.05, 0) is 12.1 Å². The summed E-state index contributed by atoms with van der Waals surface area (Å²) in [5.74, 6) is 0. The number of nitro groups is 1. The monoisotopic (exact) mass is 166 g/mol. The second-order valence-corrected chi connectivity index (χ2v) is 1.91. The van der Waals surface area contributed by atoms with Crippen LogP contribution in [0.1, 0.15) is 0 Å². The normalized spacial score (nSPS) is 10.0. The summed E-state index contributed by atoms with van der Waals surface area (Å²) in [4.78, 5) is 9.69. The van der Waals surface area contributed by atoms with E-state index in [1.54, 1.807) is 24.3 Å². The van der Waals surface area contributed by atoms with E-state index in [4.69, 9.17) is 0 Å². The molecule has 0 atom stereocenters. The van der Waals surface area contributed by atoms with Crippen LogP contribution in [0.15, 0.2) is 40.8 Å². The lowest BCUT2D eigenvalue weighted by Crippen LogP contribution is -1.89. The van der Waals surface area contributed by atoms with Crippen LogP contribution in [0.4, 0.5) is 5.69 Å². The molecule has 1 aromatic carbocycles. The lowest BCUT2D eigenvalue weighted by atomic mass is 10.3. The first-order chi connectivity index (χ1) is 5.79. The fourth-order valence-corrected chi connectivity index (χ4v) is 0.629. The van der Waals surface area contributed by atoms with Crippen molar-refractivity contribution >= 4 is 5.69 Å². The van der Waals surface area contributed by atoms with Crippen LogP contribution < -0.4 is 5.43 Å². The SMILES string of the molecule is O=[N+]([O-])N=NNc1ccccc1. The Kier molecular flexibility index (Phi) is 2.72. The standard InChI is InChI=1S/C6H6N4O2/c11-10(12)9-8-7-6-4-2-1-3-5-6/h1-5H,(H,7,9).